The third-order valence-corrected chi connectivity index (χ3v) is 5.75. The van der Waals surface area contributed by atoms with Crippen LogP contribution in [0, 0.1) is 0 Å². The van der Waals surface area contributed by atoms with E-state index >= 15 is 0 Å². The van der Waals surface area contributed by atoms with Crippen LogP contribution in [0.15, 0.2) is 40.7 Å². The fourth-order valence-electron chi connectivity index (χ4n) is 3.42. The molecule has 0 saturated heterocycles. The van der Waals surface area contributed by atoms with Crippen molar-refractivity contribution in [1.82, 2.24) is 14.8 Å². The van der Waals surface area contributed by atoms with Crippen LogP contribution in [-0.4, -0.2) is 39.7 Å². The van der Waals surface area contributed by atoms with E-state index in [1.807, 2.05) is 31.2 Å². The van der Waals surface area contributed by atoms with Gasteiger partial charge in [-0.2, -0.15) is 4.98 Å². The summed E-state index contributed by atoms with van der Waals surface area (Å²) in [5.74, 6) is 1.90. The summed E-state index contributed by atoms with van der Waals surface area (Å²) in [5.41, 5.74) is 2.14. The molecule has 7 nitrogen and oxygen atoms in total. The Morgan fingerprint density at radius 1 is 1.16 bits per heavy atom. The minimum absolute atomic E-state index is 0.336. The molecule has 2 heterocycles. The number of rotatable bonds is 11. The second-order valence-corrected chi connectivity index (χ2v) is 8.62. The highest BCUT2D eigenvalue weighted by atomic mass is 32.2. The van der Waals surface area contributed by atoms with Gasteiger partial charge >= 0.3 is 5.97 Å². The zero-order valence-electron chi connectivity index (χ0n) is 18.8. The van der Waals surface area contributed by atoms with Gasteiger partial charge in [0.25, 0.3) is 0 Å². The van der Waals surface area contributed by atoms with Crippen LogP contribution in [0.25, 0.3) is 0 Å². The molecule has 168 valence electrons. The number of carbonyl (C=O) groups is 1. The van der Waals surface area contributed by atoms with Gasteiger partial charge in [-0.15, -0.1) is 5.10 Å². The Kier molecular flexibility index (Phi) is 8.40. The highest BCUT2D eigenvalue weighted by molar-refractivity contribution is 7.99. The molecule has 0 fully saturated rings. The third kappa shape index (κ3) is 5.42. The maximum atomic E-state index is 13.2. The molecular formula is C23H32N4O3S. The van der Waals surface area contributed by atoms with Crippen molar-refractivity contribution in [2.75, 3.05) is 24.3 Å². The minimum atomic E-state index is -0.470. The summed E-state index contributed by atoms with van der Waals surface area (Å²) in [6.45, 7) is 9.17. The molecule has 31 heavy (non-hydrogen) atoms. The molecule has 3 rings (SSSR count). The van der Waals surface area contributed by atoms with Crippen molar-refractivity contribution in [3.8, 4) is 5.75 Å². The maximum Gasteiger partial charge on any atom is 0.338 e. The molecule has 1 aliphatic heterocycles. The number of unbranched alkanes of at least 4 members (excludes halogenated alkanes) is 2. The van der Waals surface area contributed by atoms with Crippen LogP contribution in [0.2, 0.25) is 0 Å². The molecule has 1 aliphatic rings. The van der Waals surface area contributed by atoms with Crippen LogP contribution in [-0.2, 0) is 9.53 Å². The Balaban J connectivity index is 2.05. The van der Waals surface area contributed by atoms with Gasteiger partial charge in [0.05, 0.1) is 18.8 Å². The quantitative estimate of drug-likeness (QED) is 0.290. The molecule has 0 amide bonds. The van der Waals surface area contributed by atoms with Gasteiger partial charge in [-0.1, -0.05) is 63.6 Å². The first kappa shape index (κ1) is 23.2. The van der Waals surface area contributed by atoms with E-state index in [2.05, 4.69) is 31.1 Å². The number of anilines is 1. The van der Waals surface area contributed by atoms with E-state index in [0.29, 0.717) is 29.9 Å². The zero-order chi connectivity index (χ0) is 22.2. The Morgan fingerprint density at radius 2 is 1.90 bits per heavy atom. The number of aromatic nitrogens is 3. The largest absolute Gasteiger partial charge is 0.493 e. The number of esters is 1. The number of nitrogens with zero attached hydrogens (tertiary/aromatic N) is 3. The van der Waals surface area contributed by atoms with Crippen molar-refractivity contribution in [1.29, 1.82) is 0 Å². The average Bonchev–Trinajstić information content (AvgIpc) is 3.15. The number of fused-ring (bicyclic) bond motifs is 1. The molecule has 0 bridgehead atoms. The molecule has 0 radical (unpaired) electrons. The topological polar surface area (TPSA) is 78.3 Å². The van der Waals surface area contributed by atoms with Gasteiger partial charge < -0.3 is 14.8 Å². The van der Waals surface area contributed by atoms with Gasteiger partial charge in [0.2, 0.25) is 11.1 Å². The lowest BCUT2D eigenvalue weighted by atomic mass is 9.95. The molecule has 1 atom stereocenters. The monoisotopic (exact) mass is 444 g/mol. The second kappa shape index (κ2) is 11.2. The summed E-state index contributed by atoms with van der Waals surface area (Å²) in [6, 6.07) is 7.37. The highest BCUT2D eigenvalue weighted by Crippen LogP contribution is 2.40. The first-order chi connectivity index (χ1) is 15.1. The maximum absolute atomic E-state index is 13.2. The third-order valence-electron chi connectivity index (χ3n) is 5.03. The summed E-state index contributed by atoms with van der Waals surface area (Å²) in [7, 11) is 0. The lowest BCUT2D eigenvalue weighted by Gasteiger charge is -2.29. The van der Waals surface area contributed by atoms with Gasteiger partial charge in [0, 0.05) is 11.3 Å². The van der Waals surface area contributed by atoms with Gasteiger partial charge in [-0.3, -0.25) is 0 Å². The smallest absolute Gasteiger partial charge is 0.338 e. The number of allylic oxidation sites excluding steroid dienone is 1. The van der Waals surface area contributed by atoms with E-state index in [1.54, 1.807) is 16.4 Å². The Bertz CT molecular complexity index is 925. The highest BCUT2D eigenvalue weighted by Gasteiger charge is 2.36. The predicted octanol–water partition coefficient (Wildman–Crippen LogP) is 5.20. The van der Waals surface area contributed by atoms with Crippen LogP contribution < -0.4 is 10.1 Å². The first-order valence-electron chi connectivity index (χ1n) is 11.1. The van der Waals surface area contributed by atoms with Crippen molar-refractivity contribution in [3.05, 3.63) is 41.1 Å². The van der Waals surface area contributed by atoms with E-state index in [-0.39, 0.29) is 5.97 Å². The number of para-hydroxylation sites is 1. The number of carbonyl (C=O) groups excluding carboxylic acids is 1. The zero-order valence-corrected chi connectivity index (χ0v) is 19.6. The average molecular weight is 445 g/mol. The Hall–Kier alpha value is -2.48. The lowest BCUT2D eigenvalue weighted by Crippen LogP contribution is -2.30. The molecule has 0 spiro atoms. The van der Waals surface area contributed by atoms with Crippen LogP contribution in [0.4, 0.5) is 5.95 Å². The number of nitrogens with one attached hydrogen (secondary N) is 1. The van der Waals surface area contributed by atoms with E-state index in [0.717, 1.165) is 48.4 Å². The molecule has 8 heteroatoms. The fraction of sp³-hybridized carbons (Fsp3) is 0.522. The summed E-state index contributed by atoms with van der Waals surface area (Å²) in [4.78, 5) is 17.8. The SMILES string of the molecule is CCCCOC(=O)C1=C(C)Nc2nc(SCC)nn2C1c1ccccc1OCCCC. The summed E-state index contributed by atoms with van der Waals surface area (Å²) in [6.07, 6.45) is 3.81. The van der Waals surface area contributed by atoms with Gasteiger partial charge in [-0.25, -0.2) is 9.48 Å². The van der Waals surface area contributed by atoms with E-state index < -0.39 is 6.04 Å². The van der Waals surface area contributed by atoms with Crippen LogP contribution >= 0.6 is 11.8 Å². The predicted molar refractivity (Wildman–Crippen MR) is 124 cm³/mol. The van der Waals surface area contributed by atoms with Gasteiger partial charge in [-0.05, 0) is 31.6 Å². The standard InChI is InChI=1S/C23H32N4O3S/c1-5-8-14-29-18-13-11-10-12-17(18)20-19(21(28)30-15-9-6-2)16(4)24-22-25-23(31-7-3)26-27(20)22/h10-13,20H,5-9,14-15H2,1-4H3,(H,24,25,26). The second-order valence-electron chi connectivity index (χ2n) is 7.39. The molecule has 0 aliphatic carbocycles. The van der Waals surface area contributed by atoms with Crippen molar-refractivity contribution in [2.45, 2.75) is 64.6 Å². The van der Waals surface area contributed by atoms with Crippen molar-refractivity contribution in [2.24, 2.45) is 0 Å². The summed E-state index contributed by atoms with van der Waals surface area (Å²) in [5, 5.41) is 8.63. The Labute approximate surface area is 188 Å². The number of thioether (sulfide) groups is 1. The van der Waals surface area contributed by atoms with Gasteiger partial charge in [0.1, 0.15) is 11.8 Å². The molecule has 2 aromatic rings. The molecule has 1 aromatic heterocycles. The van der Waals surface area contributed by atoms with Crippen molar-refractivity contribution < 1.29 is 14.3 Å². The first-order valence-corrected chi connectivity index (χ1v) is 12.0. The van der Waals surface area contributed by atoms with Crippen molar-refractivity contribution >= 4 is 23.7 Å². The van der Waals surface area contributed by atoms with Crippen LogP contribution in [0.1, 0.15) is 65.0 Å². The van der Waals surface area contributed by atoms with Crippen LogP contribution in [0.5, 0.6) is 5.75 Å². The summed E-state index contributed by atoms with van der Waals surface area (Å²) >= 11 is 1.57. The minimum Gasteiger partial charge on any atom is -0.493 e. The van der Waals surface area contributed by atoms with Crippen molar-refractivity contribution in [3.63, 3.8) is 0 Å². The van der Waals surface area contributed by atoms with E-state index in [1.165, 1.54) is 0 Å². The Morgan fingerprint density at radius 3 is 2.65 bits per heavy atom. The van der Waals surface area contributed by atoms with E-state index in [9.17, 15) is 4.79 Å². The molecule has 1 aromatic carbocycles. The molecule has 0 saturated carbocycles. The van der Waals surface area contributed by atoms with Gasteiger partial charge in [0.15, 0.2) is 0 Å². The molecule has 1 unspecified atom stereocenters. The summed E-state index contributed by atoms with van der Waals surface area (Å²) < 4.78 is 13.5. The lowest BCUT2D eigenvalue weighted by molar-refractivity contribution is -0.139. The van der Waals surface area contributed by atoms with E-state index in [4.69, 9.17) is 14.6 Å². The molecule has 1 N–H and O–H groups in total. The number of benzene rings is 1. The fourth-order valence-corrected chi connectivity index (χ4v) is 3.98. The number of hydrogen-bond acceptors (Lipinski definition) is 7. The number of hydrogen-bond donors (Lipinski definition) is 1. The van der Waals surface area contributed by atoms with Crippen LogP contribution in [0.3, 0.4) is 0 Å². The normalized spacial score (nSPS) is 15.4. The molecular weight excluding hydrogens is 412 g/mol. The number of ether oxygens (including phenoxy) is 2.